The summed E-state index contributed by atoms with van der Waals surface area (Å²) >= 11 is 3.23. The lowest BCUT2D eigenvalue weighted by Crippen LogP contribution is -1.73. The molecular weight excluding hydrogens is 226 g/mol. The van der Waals surface area contributed by atoms with E-state index in [1.165, 1.54) is 0 Å². The van der Waals surface area contributed by atoms with E-state index in [0.717, 1.165) is 25.1 Å². The molecule has 0 spiro atoms. The lowest BCUT2D eigenvalue weighted by atomic mass is 10.4. The molecule has 0 aliphatic carbocycles. The quantitative estimate of drug-likeness (QED) is 0.703. The van der Waals surface area contributed by atoms with Crippen LogP contribution in [0.4, 0.5) is 5.00 Å². The van der Waals surface area contributed by atoms with Crippen molar-refractivity contribution in [2.24, 2.45) is 0 Å². The number of aromatic nitrogens is 2. The van der Waals surface area contributed by atoms with E-state index in [2.05, 4.69) is 9.97 Å². The first-order valence-corrected chi connectivity index (χ1v) is 6.02. The summed E-state index contributed by atoms with van der Waals surface area (Å²) in [4.78, 5) is 9.67. The van der Waals surface area contributed by atoms with Gasteiger partial charge in [0.05, 0.1) is 20.8 Å². The van der Waals surface area contributed by atoms with Crippen molar-refractivity contribution in [2.75, 3.05) is 5.73 Å². The van der Waals surface area contributed by atoms with Gasteiger partial charge in [-0.15, -0.1) is 22.7 Å². The Balaban J connectivity index is 2.19. The van der Waals surface area contributed by atoms with Crippen LogP contribution >= 0.6 is 22.7 Å². The fraction of sp³-hybridized carbons (Fsp3) is 0. The molecule has 0 bridgehead atoms. The smallest absolute Gasteiger partial charge is 0.134 e. The van der Waals surface area contributed by atoms with Crippen LogP contribution in [0.25, 0.3) is 20.1 Å². The summed E-state index contributed by atoms with van der Waals surface area (Å²) < 4.78 is 1.16. The maximum absolute atomic E-state index is 5.69. The Morgan fingerprint density at radius 2 is 2.07 bits per heavy atom. The maximum Gasteiger partial charge on any atom is 0.134 e. The van der Waals surface area contributed by atoms with Gasteiger partial charge in [-0.2, -0.15) is 0 Å². The van der Waals surface area contributed by atoms with Gasteiger partial charge >= 0.3 is 0 Å². The molecule has 0 fully saturated rings. The van der Waals surface area contributed by atoms with E-state index >= 15 is 0 Å². The van der Waals surface area contributed by atoms with E-state index in [0.29, 0.717) is 0 Å². The van der Waals surface area contributed by atoms with E-state index in [1.54, 1.807) is 35.1 Å². The van der Waals surface area contributed by atoms with Crippen molar-refractivity contribution in [3.63, 3.8) is 0 Å². The molecule has 0 aliphatic rings. The van der Waals surface area contributed by atoms with Gasteiger partial charge in [0.1, 0.15) is 10.5 Å². The fourth-order valence-corrected chi connectivity index (χ4v) is 3.11. The number of hydrogen-bond acceptors (Lipinski definition) is 5. The number of pyridine rings is 1. The van der Waals surface area contributed by atoms with Gasteiger partial charge in [-0.1, -0.05) is 0 Å². The molecule has 3 rings (SSSR count). The van der Waals surface area contributed by atoms with Gasteiger partial charge in [-0.3, -0.25) is 4.98 Å². The Kier molecular flexibility index (Phi) is 1.93. The predicted molar refractivity (Wildman–Crippen MR) is 65.1 cm³/mol. The van der Waals surface area contributed by atoms with Crippen LogP contribution in [-0.2, 0) is 0 Å². The highest BCUT2D eigenvalue weighted by Gasteiger charge is 2.07. The molecule has 0 aliphatic heterocycles. The average Bonchev–Trinajstić information content (AvgIpc) is 2.82. The van der Waals surface area contributed by atoms with Gasteiger partial charge in [0.2, 0.25) is 0 Å². The topological polar surface area (TPSA) is 51.8 Å². The molecule has 0 aromatic carbocycles. The standard InChI is InChI=1S/C10H7N3S2/c11-9-2-1-8(14-9)10-13-6-5-12-4-3-7(6)15-10/h1-5H,11H2. The first-order chi connectivity index (χ1) is 7.33. The highest BCUT2D eigenvalue weighted by atomic mass is 32.1. The normalized spacial score (nSPS) is 10.9. The van der Waals surface area contributed by atoms with E-state index in [4.69, 9.17) is 5.73 Å². The SMILES string of the molecule is Nc1ccc(-c2nc3cnccc3s2)s1. The largest absolute Gasteiger partial charge is 0.391 e. The number of thiophene rings is 1. The maximum atomic E-state index is 5.69. The average molecular weight is 233 g/mol. The first kappa shape index (κ1) is 8.82. The number of fused-ring (bicyclic) bond motifs is 1. The summed E-state index contributed by atoms with van der Waals surface area (Å²) in [5.41, 5.74) is 6.64. The van der Waals surface area contributed by atoms with Gasteiger partial charge in [0.25, 0.3) is 0 Å². The molecule has 0 saturated carbocycles. The molecule has 0 saturated heterocycles. The van der Waals surface area contributed by atoms with E-state index in [1.807, 2.05) is 18.2 Å². The molecule has 3 nitrogen and oxygen atoms in total. The zero-order valence-electron chi connectivity index (χ0n) is 7.68. The Hall–Kier alpha value is -1.46. The minimum atomic E-state index is 0.822. The number of nitrogens with zero attached hydrogens (tertiary/aromatic N) is 2. The minimum absolute atomic E-state index is 0.822. The highest BCUT2D eigenvalue weighted by molar-refractivity contribution is 7.26. The molecule has 3 aromatic rings. The second-order valence-corrected chi connectivity index (χ2v) is 5.21. The van der Waals surface area contributed by atoms with Crippen LogP contribution in [0.3, 0.4) is 0 Å². The third kappa shape index (κ3) is 1.49. The van der Waals surface area contributed by atoms with Gasteiger partial charge in [-0.05, 0) is 18.2 Å². The summed E-state index contributed by atoms with van der Waals surface area (Å²) in [7, 11) is 0. The van der Waals surface area contributed by atoms with Crippen molar-refractivity contribution in [1.82, 2.24) is 9.97 Å². The van der Waals surface area contributed by atoms with E-state index in [9.17, 15) is 0 Å². The van der Waals surface area contributed by atoms with E-state index in [-0.39, 0.29) is 0 Å². The summed E-state index contributed by atoms with van der Waals surface area (Å²) in [6.07, 6.45) is 3.57. The van der Waals surface area contributed by atoms with Gasteiger partial charge < -0.3 is 5.73 Å². The molecule has 0 amide bonds. The Morgan fingerprint density at radius 1 is 1.13 bits per heavy atom. The number of anilines is 1. The zero-order chi connectivity index (χ0) is 10.3. The van der Waals surface area contributed by atoms with Crippen LogP contribution < -0.4 is 5.73 Å². The van der Waals surface area contributed by atoms with Gasteiger partial charge in [0.15, 0.2) is 0 Å². The Labute approximate surface area is 94.2 Å². The summed E-state index contributed by atoms with van der Waals surface area (Å²) in [5, 5.41) is 1.84. The summed E-state index contributed by atoms with van der Waals surface area (Å²) in [5.74, 6) is 0. The molecule has 3 heterocycles. The van der Waals surface area contributed by atoms with Gasteiger partial charge in [0, 0.05) is 6.20 Å². The number of nitrogens with two attached hydrogens (primary N) is 1. The fourth-order valence-electron chi connectivity index (χ4n) is 1.35. The molecule has 5 heteroatoms. The van der Waals surface area contributed by atoms with Crippen molar-refractivity contribution in [2.45, 2.75) is 0 Å². The summed E-state index contributed by atoms with van der Waals surface area (Å²) in [6, 6.07) is 5.89. The predicted octanol–water partition coefficient (Wildman–Crippen LogP) is 3.00. The molecule has 0 radical (unpaired) electrons. The first-order valence-electron chi connectivity index (χ1n) is 4.39. The lowest BCUT2D eigenvalue weighted by Gasteiger charge is -1.85. The third-order valence-electron chi connectivity index (χ3n) is 2.03. The van der Waals surface area contributed by atoms with Crippen molar-refractivity contribution in [1.29, 1.82) is 0 Å². The molecule has 74 valence electrons. The molecule has 3 aromatic heterocycles. The lowest BCUT2D eigenvalue weighted by molar-refractivity contribution is 1.34. The van der Waals surface area contributed by atoms with Gasteiger partial charge in [-0.25, -0.2) is 4.98 Å². The van der Waals surface area contributed by atoms with Crippen molar-refractivity contribution in [3.8, 4) is 9.88 Å². The Morgan fingerprint density at radius 3 is 2.80 bits per heavy atom. The number of thiazole rings is 1. The van der Waals surface area contributed by atoms with Crippen LogP contribution in [0.2, 0.25) is 0 Å². The molecule has 0 atom stereocenters. The highest BCUT2D eigenvalue weighted by Crippen LogP contribution is 2.34. The summed E-state index contributed by atoms with van der Waals surface area (Å²) in [6.45, 7) is 0. The molecule has 15 heavy (non-hydrogen) atoms. The number of nitrogen functional groups attached to an aromatic ring is 1. The zero-order valence-corrected chi connectivity index (χ0v) is 9.31. The monoisotopic (exact) mass is 233 g/mol. The second kappa shape index (κ2) is 3.29. The third-order valence-corrected chi connectivity index (χ3v) is 4.15. The second-order valence-electron chi connectivity index (χ2n) is 3.06. The van der Waals surface area contributed by atoms with Crippen LogP contribution in [0, 0.1) is 0 Å². The van der Waals surface area contributed by atoms with Crippen LogP contribution in [0.15, 0.2) is 30.6 Å². The van der Waals surface area contributed by atoms with Crippen molar-refractivity contribution in [3.05, 3.63) is 30.6 Å². The van der Waals surface area contributed by atoms with Crippen LogP contribution in [0.1, 0.15) is 0 Å². The minimum Gasteiger partial charge on any atom is -0.391 e. The number of hydrogen-bond donors (Lipinski definition) is 1. The van der Waals surface area contributed by atoms with Crippen LogP contribution in [-0.4, -0.2) is 9.97 Å². The number of rotatable bonds is 1. The van der Waals surface area contributed by atoms with Crippen molar-refractivity contribution >= 4 is 37.9 Å². The van der Waals surface area contributed by atoms with Crippen molar-refractivity contribution < 1.29 is 0 Å². The Bertz CT molecular complexity index is 579. The molecule has 0 unspecified atom stereocenters. The molecule has 2 N–H and O–H groups in total. The van der Waals surface area contributed by atoms with E-state index < -0.39 is 0 Å². The van der Waals surface area contributed by atoms with Crippen LogP contribution in [0.5, 0.6) is 0 Å². The molecular formula is C10H7N3S2.